The Kier molecular flexibility index (Phi) is 5.38. The summed E-state index contributed by atoms with van der Waals surface area (Å²) in [5, 5.41) is 2.93. The number of benzene rings is 2. The maximum atomic E-state index is 12.1. The van der Waals surface area contributed by atoms with Gasteiger partial charge in [0.2, 0.25) is 0 Å². The van der Waals surface area contributed by atoms with Crippen LogP contribution >= 0.6 is 0 Å². The van der Waals surface area contributed by atoms with E-state index >= 15 is 0 Å². The van der Waals surface area contributed by atoms with Crippen LogP contribution in [-0.4, -0.2) is 12.5 Å². The van der Waals surface area contributed by atoms with Crippen LogP contribution in [0.15, 0.2) is 48.5 Å². The third kappa shape index (κ3) is 4.09. The third-order valence-corrected chi connectivity index (χ3v) is 3.34. The van der Waals surface area contributed by atoms with Crippen molar-refractivity contribution in [2.24, 2.45) is 0 Å². The van der Waals surface area contributed by atoms with Crippen LogP contribution in [0, 0.1) is 0 Å². The fourth-order valence-electron chi connectivity index (χ4n) is 2.12. The molecule has 0 saturated heterocycles. The maximum Gasteiger partial charge on any atom is 0.251 e. The van der Waals surface area contributed by atoms with Gasteiger partial charge in [0, 0.05) is 17.7 Å². The van der Waals surface area contributed by atoms with Gasteiger partial charge in [0.25, 0.3) is 5.91 Å². The van der Waals surface area contributed by atoms with Crippen molar-refractivity contribution in [1.82, 2.24) is 5.32 Å². The molecule has 0 aliphatic heterocycles. The highest BCUT2D eigenvalue weighted by atomic mass is 16.5. The Bertz CT molecular complexity index is 590. The summed E-state index contributed by atoms with van der Waals surface area (Å²) in [7, 11) is 0. The molecule has 0 aromatic heterocycles. The molecule has 1 N–H and O–H groups in total. The van der Waals surface area contributed by atoms with Crippen LogP contribution in [-0.2, 0) is 13.0 Å². The Morgan fingerprint density at radius 3 is 2.43 bits per heavy atom. The summed E-state index contributed by atoms with van der Waals surface area (Å²) in [6.07, 6.45) is 0.976. The van der Waals surface area contributed by atoms with Gasteiger partial charge in [-0.05, 0) is 37.1 Å². The van der Waals surface area contributed by atoms with E-state index in [1.165, 1.54) is 5.56 Å². The number of hydrogen-bond acceptors (Lipinski definition) is 2. The second-order valence-corrected chi connectivity index (χ2v) is 4.77. The number of aryl methyl sites for hydroxylation is 1. The molecule has 0 heterocycles. The van der Waals surface area contributed by atoms with Crippen molar-refractivity contribution in [2.45, 2.75) is 26.8 Å². The Morgan fingerprint density at radius 2 is 1.76 bits per heavy atom. The van der Waals surface area contributed by atoms with E-state index in [1.807, 2.05) is 55.5 Å². The van der Waals surface area contributed by atoms with Gasteiger partial charge in [0.1, 0.15) is 5.75 Å². The van der Waals surface area contributed by atoms with Crippen molar-refractivity contribution in [3.63, 3.8) is 0 Å². The van der Waals surface area contributed by atoms with E-state index in [9.17, 15) is 4.79 Å². The van der Waals surface area contributed by atoms with Crippen LogP contribution in [0.3, 0.4) is 0 Å². The van der Waals surface area contributed by atoms with E-state index < -0.39 is 0 Å². The molecule has 1 amide bonds. The molecule has 3 heteroatoms. The van der Waals surface area contributed by atoms with Crippen LogP contribution in [0.5, 0.6) is 5.75 Å². The Hall–Kier alpha value is -2.29. The number of hydrogen-bond donors (Lipinski definition) is 1. The standard InChI is InChI=1S/C18H21NO2/c1-3-14-9-11-15(12-10-14)18(20)19-13-16-7-5-6-8-17(16)21-4-2/h5-12H,3-4,13H2,1-2H3,(H,19,20). The fraction of sp³-hybridized carbons (Fsp3) is 0.278. The third-order valence-electron chi connectivity index (χ3n) is 3.34. The zero-order valence-electron chi connectivity index (χ0n) is 12.6. The molecule has 110 valence electrons. The van der Waals surface area contributed by atoms with E-state index in [0.717, 1.165) is 17.7 Å². The normalized spacial score (nSPS) is 10.2. The quantitative estimate of drug-likeness (QED) is 0.880. The number of carbonyl (C=O) groups is 1. The molecule has 0 unspecified atom stereocenters. The SMILES string of the molecule is CCOc1ccccc1CNC(=O)c1ccc(CC)cc1. The number of ether oxygens (including phenoxy) is 1. The molecular weight excluding hydrogens is 262 g/mol. The van der Waals surface area contributed by atoms with E-state index in [4.69, 9.17) is 4.74 Å². The second-order valence-electron chi connectivity index (χ2n) is 4.77. The number of amides is 1. The first-order valence-electron chi connectivity index (χ1n) is 7.32. The van der Waals surface area contributed by atoms with Crippen molar-refractivity contribution in [3.8, 4) is 5.75 Å². The minimum absolute atomic E-state index is 0.0658. The van der Waals surface area contributed by atoms with E-state index in [0.29, 0.717) is 18.7 Å². The van der Waals surface area contributed by atoms with Gasteiger partial charge in [0.15, 0.2) is 0 Å². The predicted molar refractivity (Wildman–Crippen MR) is 84.6 cm³/mol. The molecule has 2 aromatic carbocycles. The molecule has 0 bridgehead atoms. The van der Waals surface area contributed by atoms with Gasteiger partial charge in [-0.2, -0.15) is 0 Å². The van der Waals surface area contributed by atoms with Crippen molar-refractivity contribution >= 4 is 5.91 Å². The van der Waals surface area contributed by atoms with Crippen molar-refractivity contribution in [1.29, 1.82) is 0 Å². The van der Waals surface area contributed by atoms with Crippen LogP contribution in [0.1, 0.15) is 35.3 Å². The molecule has 2 rings (SSSR count). The molecule has 21 heavy (non-hydrogen) atoms. The Balaban J connectivity index is 2.00. The molecule has 2 aromatic rings. The molecule has 3 nitrogen and oxygen atoms in total. The lowest BCUT2D eigenvalue weighted by molar-refractivity contribution is 0.0950. The topological polar surface area (TPSA) is 38.3 Å². The van der Waals surface area contributed by atoms with Gasteiger partial charge in [0.05, 0.1) is 6.61 Å². The zero-order chi connectivity index (χ0) is 15.1. The van der Waals surface area contributed by atoms with Crippen LogP contribution in [0.25, 0.3) is 0 Å². The average Bonchev–Trinajstić information content (AvgIpc) is 2.54. The molecule has 0 saturated carbocycles. The summed E-state index contributed by atoms with van der Waals surface area (Å²) in [5.74, 6) is 0.755. The van der Waals surface area contributed by atoms with E-state index in [1.54, 1.807) is 0 Å². The first kappa shape index (κ1) is 15.1. The summed E-state index contributed by atoms with van der Waals surface area (Å²) in [6.45, 7) is 5.12. The van der Waals surface area contributed by atoms with Crippen LogP contribution < -0.4 is 10.1 Å². The molecule has 0 atom stereocenters. The lowest BCUT2D eigenvalue weighted by Gasteiger charge is -2.11. The van der Waals surface area contributed by atoms with E-state index in [2.05, 4.69) is 12.2 Å². The highest BCUT2D eigenvalue weighted by molar-refractivity contribution is 5.94. The minimum atomic E-state index is -0.0658. The first-order valence-corrected chi connectivity index (χ1v) is 7.32. The average molecular weight is 283 g/mol. The van der Waals surface area contributed by atoms with E-state index in [-0.39, 0.29) is 5.91 Å². The van der Waals surface area contributed by atoms with Gasteiger partial charge in [-0.3, -0.25) is 4.79 Å². The maximum absolute atomic E-state index is 12.1. The number of carbonyl (C=O) groups excluding carboxylic acids is 1. The summed E-state index contributed by atoms with van der Waals surface area (Å²) in [4.78, 5) is 12.1. The summed E-state index contributed by atoms with van der Waals surface area (Å²) >= 11 is 0. The molecule has 0 radical (unpaired) electrons. The van der Waals surface area contributed by atoms with Gasteiger partial charge >= 0.3 is 0 Å². The molecule has 0 aliphatic carbocycles. The number of nitrogens with one attached hydrogen (secondary N) is 1. The molecular formula is C18H21NO2. The smallest absolute Gasteiger partial charge is 0.251 e. The van der Waals surface area contributed by atoms with Gasteiger partial charge < -0.3 is 10.1 Å². The summed E-state index contributed by atoms with van der Waals surface area (Å²) < 4.78 is 5.55. The van der Waals surface area contributed by atoms with Crippen molar-refractivity contribution in [3.05, 3.63) is 65.2 Å². The summed E-state index contributed by atoms with van der Waals surface area (Å²) in [5.41, 5.74) is 2.90. The highest BCUT2D eigenvalue weighted by Crippen LogP contribution is 2.17. The minimum Gasteiger partial charge on any atom is -0.494 e. The molecule has 0 fully saturated rings. The second kappa shape index (κ2) is 7.48. The fourth-order valence-corrected chi connectivity index (χ4v) is 2.12. The van der Waals surface area contributed by atoms with Crippen molar-refractivity contribution in [2.75, 3.05) is 6.61 Å². The van der Waals surface area contributed by atoms with Crippen LogP contribution in [0.4, 0.5) is 0 Å². The molecule has 0 aliphatic rings. The first-order chi connectivity index (χ1) is 10.2. The van der Waals surface area contributed by atoms with Gasteiger partial charge in [-0.25, -0.2) is 0 Å². The zero-order valence-corrected chi connectivity index (χ0v) is 12.6. The van der Waals surface area contributed by atoms with Gasteiger partial charge in [-0.15, -0.1) is 0 Å². The highest BCUT2D eigenvalue weighted by Gasteiger charge is 2.07. The largest absolute Gasteiger partial charge is 0.494 e. The van der Waals surface area contributed by atoms with Crippen LogP contribution in [0.2, 0.25) is 0 Å². The summed E-state index contributed by atoms with van der Waals surface area (Å²) in [6, 6.07) is 15.5. The predicted octanol–water partition coefficient (Wildman–Crippen LogP) is 3.58. The number of rotatable bonds is 6. The molecule has 0 spiro atoms. The lowest BCUT2D eigenvalue weighted by atomic mass is 10.1. The van der Waals surface area contributed by atoms with Gasteiger partial charge in [-0.1, -0.05) is 37.3 Å². The monoisotopic (exact) mass is 283 g/mol. The van der Waals surface area contributed by atoms with Crippen molar-refractivity contribution < 1.29 is 9.53 Å². The lowest BCUT2D eigenvalue weighted by Crippen LogP contribution is -2.23. The Morgan fingerprint density at radius 1 is 1.05 bits per heavy atom. The Labute approximate surface area is 126 Å². The number of para-hydroxylation sites is 1.